The van der Waals surface area contributed by atoms with E-state index in [0.717, 1.165) is 0 Å². The molecule has 9 heteroatoms. The molecule has 0 fully saturated rings. The van der Waals surface area contributed by atoms with Crippen LogP contribution in [0.4, 0.5) is 24.7 Å². The second-order valence-corrected chi connectivity index (χ2v) is 4.92. The van der Waals surface area contributed by atoms with Gasteiger partial charge in [0, 0.05) is 17.8 Å². The SMILES string of the molecule is CSc1nc(Cl)cc(Nc2cccc(OC(F)(F)F)c2)n1. The lowest BCUT2D eigenvalue weighted by atomic mass is 10.3. The van der Waals surface area contributed by atoms with Crippen LogP contribution >= 0.6 is 23.4 Å². The number of alkyl halides is 3. The van der Waals surface area contributed by atoms with E-state index in [4.69, 9.17) is 11.6 Å². The van der Waals surface area contributed by atoms with E-state index in [2.05, 4.69) is 20.0 Å². The summed E-state index contributed by atoms with van der Waals surface area (Å²) in [5.41, 5.74) is 0.388. The minimum Gasteiger partial charge on any atom is -0.406 e. The Balaban J connectivity index is 2.20. The van der Waals surface area contributed by atoms with Gasteiger partial charge in [0.15, 0.2) is 5.16 Å². The van der Waals surface area contributed by atoms with Crippen molar-refractivity contribution in [2.75, 3.05) is 11.6 Å². The van der Waals surface area contributed by atoms with Crippen molar-refractivity contribution in [3.05, 3.63) is 35.5 Å². The summed E-state index contributed by atoms with van der Waals surface area (Å²) in [5, 5.41) is 3.54. The third-order valence-electron chi connectivity index (χ3n) is 2.20. The second-order valence-electron chi connectivity index (χ2n) is 3.76. The third kappa shape index (κ3) is 4.98. The summed E-state index contributed by atoms with van der Waals surface area (Å²) in [6.07, 6.45) is -2.95. The molecule has 1 N–H and O–H groups in total. The highest BCUT2D eigenvalue weighted by molar-refractivity contribution is 7.98. The van der Waals surface area contributed by atoms with Gasteiger partial charge in [-0.1, -0.05) is 29.4 Å². The van der Waals surface area contributed by atoms with Gasteiger partial charge in [0.25, 0.3) is 0 Å². The van der Waals surface area contributed by atoms with Gasteiger partial charge in [-0.2, -0.15) is 0 Å². The molecule has 2 rings (SSSR count). The molecule has 0 bridgehead atoms. The van der Waals surface area contributed by atoms with E-state index in [1.54, 1.807) is 12.3 Å². The largest absolute Gasteiger partial charge is 0.573 e. The standard InChI is InChI=1S/C12H9ClF3N3OS/c1-21-11-18-9(13)6-10(19-11)17-7-3-2-4-8(5-7)20-12(14,15)16/h2-6H,1H3,(H,17,18,19). The number of nitrogens with one attached hydrogen (secondary N) is 1. The van der Waals surface area contributed by atoms with Crippen LogP contribution in [0.25, 0.3) is 0 Å². The zero-order valence-electron chi connectivity index (χ0n) is 10.6. The Morgan fingerprint density at radius 2 is 2.00 bits per heavy atom. The number of nitrogens with zero attached hydrogens (tertiary/aromatic N) is 2. The number of benzene rings is 1. The van der Waals surface area contributed by atoms with Crippen molar-refractivity contribution in [2.45, 2.75) is 11.5 Å². The van der Waals surface area contributed by atoms with Gasteiger partial charge in [-0.05, 0) is 18.4 Å². The van der Waals surface area contributed by atoms with Crippen LogP contribution in [0.3, 0.4) is 0 Å². The van der Waals surface area contributed by atoms with Crippen molar-refractivity contribution in [1.29, 1.82) is 0 Å². The van der Waals surface area contributed by atoms with Crippen molar-refractivity contribution in [2.24, 2.45) is 0 Å². The fourth-order valence-corrected chi connectivity index (χ4v) is 2.08. The number of halogens is 4. The average molecular weight is 336 g/mol. The lowest BCUT2D eigenvalue weighted by Crippen LogP contribution is -2.17. The minimum absolute atomic E-state index is 0.236. The van der Waals surface area contributed by atoms with Crippen molar-refractivity contribution >= 4 is 34.9 Å². The Morgan fingerprint density at radius 1 is 1.24 bits per heavy atom. The van der Waals surface area contributed by atoms with E-state index in [1.807, 2.05) is 0 Å². The molecule has 1 aromatic heterocycles. The van der Waals surface area contributed by atoms with Crippen LogP contribution in [-0.4, -0.2) is 22.6 Å². The van der Waals surface area contributed by atoms with Gasteiger partial charge in [-0.3, -0.25) is 0 Å². The Labute approximate surface area is 127 Å². The monoisotopic (exact) mass is 335 g/mol. The summed E-state index contributed by atoms with van der Waals surface area (Å²) in [6.45, 7) is 0. The van der Waals surface area contributed by atoms with Gasteiger partial charge in [-0.25, -0.2) is 9.97 Å². The molecule has 0 aliphatic rings. The Bertz CT molecular complexity index is 639. The lowest BCUT2D eigenvalue weighted by molar-refractivity contribution is -0.274. The Kier molecular flexibility index (Phi) is 4.79. The van der Waals surface area contributed by atoms with Crippen molar-refractivity contribution < 1.29 is 17.9 Å². The predicted octanol–water partition coefficient (Wildman–Crippen LogP) is 4.49. The number of aromatic nitrogens is 2. The number of rotatable bonds is 4. The topological polar surface area (TPSA) is 47.0 Å². The summed E-state index contributed by atoms with van der Waals surface area (Å²) in [4.78, 5) is 8.11. The van der Waals surface area contributed by atoms with Crippen molar-refractivity contribution in [1.82, 2.24) is 9.97 Å². The lowest BCUT2D eigenvalue weighted by Gasteiger charge is -2.11. The van der Waals surface area contributed by atoms with Crippen LogP contribution in [0.15, 0.2) is 35.5 Å². The molecule has 112 valence electrons. The van der Waals surface area contributed by atoms with Gasteiger partial charge >= 0.3 is 6.36 Å². The van der Waals surface area contributed by atoms with E-state index in [-0.39, 0.29) is 10.9 Å². The van der Waals surface area contributed by atoms with E-state index in [9.17, 15) is 13.2 Å². The van der Waals surface area contributed by atoms with Crippen molar-refractivity contribution in [3.63, 3.8) is 0 Å². The molecular weight excluding hydrogens is 327 g/mol. The maximum absolute atomic E-state index is 12.2. The van der Waals surface area contributed by atoms with Crippen LogP contribution in [0.2, 0.25) is 5.15 Å². The quantitative estimate of drug-likeness (QED) is 0.506. The molecule has 1 heterocycles. The summed E-state index contributed by atoms with van der Waals surface area (Å²) in [7, 11) is 0. The summed E-state index contributed by atoms with van der Waals surface area (Å²) >= 11 is 7.13. The fourth-order valence-electron chi connectivity index (χ4n) is 1.47. The molecule has 0 radical (unpaired) electrons. The van der Waals surface area contributed by atoms with Crippen LogP contribution in [0, 0.1) is 0 Å². The zero-order chi connectivity index (χ0) is 15.5. The Morgan fingerprint density at radius 3 is 2.67 bits per heavy atom. The summed E-state index contributed by atoms with van der Waals surface area (Å²) in [5.74, 6) is 0.0567. The molecule has 21 heavy (non-hydrogen) atoms. The molecule has 0 aliphatic heterocycles. The average Bonchev–Trinajstić information content (AvgIpc) is 2.36. The molecule has 0 spiro atoms. The zero-order valence-corrected chi connectivity index (χ0v) is 12.2. The summed E-state index contributed by atoms with van der Waals surface area (Å²) in [6, 6.07) is 6.90. The Hall–Kier alpha value is -1.67. The minimum atomic E-state index is -4.73. The summed E-state index contributed by atoms with van der Waals surface area (Å²) < 4.78 is 40.4. The van der Waals surface area contributed by atoms with Crippen LogP contribution in [0.1, 0.15) is 0 Å². The molecule has 0 saturated heterocycles. The predicted molar refractivity (Wildman–Crippen MR) is 75.2 cm³/mol. The molecule has 0 unspecified atom stereocenters. The van der Waals surface area contributed by atoms with Gasteiger partial charge < -0.3 is 10.1 Å². The molecule has 1 aromatic carbocycles. The number of hydrogen-bond donors (Lipinski definition) is 1. The first-order valence-electron chi connectivity index (χ1n) is 5.57. The number of ether oxygens (including phenoxy) is 1. The van der Waals surface area contributed by atoms with Crippen LogP contribution < -0.4 is 10.1 Å². The maximum atomic E-state index is 12.2. The smallest absolute Gasteiger partial charge is 0.406 e. The number of thioether (sulfide) groups is 1. The van der Waals surface area contributed by atoms with Gasteiger partial charge in [0.05, 0.1) is 0 Å². The molecule has 0 atom stereocenters. The normalized spacial score (nSPS) is 11.3. The van der Waals surface area contributed by atoms with Crippen LogP contribution in [0.5, 0.6) is 5.75 Å². The maximum Gasteiger partial charge on any atom is 0.573 e. The van der Waals surface area contributed by atoms with Crippen molar-refractivity contribution in [3.8, 4) is 5.75 Å². The molecule has 0 amide bonds. The first kappa shape index (κ1) is 15.7. The molecule has 4 nitrogen and oxygen atoms in total. The molecular formula is C12H9ClF3N3OS. The highest BCUT2D eigenvalue weighted by atomic mass is 35.5. The first-order chi connectivity index (χ1) is 9.85. The van der Waals surface area contributed by atoms with E-state index in [1.165, 1.54) is 36.0 Å². The van der Waals surface area contributed by atoms with E-state index < -0.39 is 6.36 Å². The highest BCUT2D eigenvalue weighted by Crippen LogP contribution is 2.27. The highest BCUT2D eigenvalue weighted by Gasteiger charge is 2.31. The third-order valence-corrected chi connectivity index (χ3v) is 2.94. The van der Waals surface area contributed by atoms with E-state index in [0.29, 0.717) is 16.7 Å². The van der Waals surface area contributed by atoms with Gasteiger partial charge in [-0.15, -0.1) is 13.2 Å². The molecule has 0 aliphatic carbocycles. The molecule has 0 saturated carbocycles. The first-order valence-corrected chi connectivity index (χ1v) is 7.17. The van der Waals surface area contributed by atoms with E-state index >= 15 is 0 Å². The number of hydrogen-bond acceptors (Lipinski definition) is 5. The van der Waals surface area contributed by atoms with Crippen LogP contribution in [-0.2, 0) is 0 Å². The molecule has 2 aromatic rings. The second kappa shape index (κ2) is 6.40. The number of anilines is 2. The van der Waals surface area contributed by atoms with Gasteiger partial charge in [0.1, 0.15) is 16.7 Å². The fraction of sp³-hybridized carbons (Fsp3) is 0.167. The van der Waals surface area contributed by atoms with Gasteiger partial charge in [0.2, 0.25) is 0 Å².